The molecule has 2 unspecified atom stereocenters. The molecule has 1 aromatic heterocycles. The highest BCUT2D eigenvalue weighted by Crippen LogP contribution is 2.30. The Kier molecular flexibility index (Phi) is 5.17. The fourth-order valence-corrected chi connectivity index (χ4v) is 3.14. The van der Waals surface area contributed by atoms with E-state index in [9.17, 15) is 4.79 Å². The molecule has 1 heterocycles. The Morgan fingerprint density at radius 2 is 2.30 bits per heavy atom. The van der Waals surface area contributed by atoms with Crippen LogP contribution in [-0.2, 0) is 11.3 Å². The van der Waals surface area contributed by atoms with Gasteiger partial charge >= 0.3 is 0 Å². The van der Waals surface area contributed by atoms with E-state index in [0.717, 1.165) is 37.9 Å². The molecule has 1 fully saturated rings. The largest absolute Gasteiger partial charge is 0.356 e. The molecule has 1 aliphatic rings. The predicted octanol–water partition coefficient (Wildman–Crippen LogP) is 1.38. The smallest absolute Gasteiger partial charge is 0.223 e. The van der Waals surface area contributed by atoms with Gasteiger partial charge in [-0.15, -0.1) is 0 Å². The van der Waals surface area contributed by atoms with Gasteiger partial charge < -0.3 is 11.1 Å². The Labute approximate surface area is 120 Å². The van der Waals surface area contributed by atoms with Crippen molar-refractivity contribution >= 4 is 5.91 Å². The topological polar surface area (TPSA) is 72.9 Å². The van der Waals surface area contributed by atoms with Gasteiger partial charge in [-0.05, 0) is 51.6 Å². The number of amides is 1. The molecule has 1 aliphatic carbocycles. The molecule has 1 amide bonds. The lowest BCUT2D eigenvalue weighted by molar-refractivity contribution is -0.125. The summed E-state index contributed by atoms with van der Waals surface area (Å²) in [6.45, 7) is 6.25. The zero-order valence-corrected chi connectivity index (χ0v) is 12.6. The van der Waals surface area contributed by atoms with E-state index in [0.29, 0.717) is 19.0 Å². The van der Waals surface area contributed by atoms with Gasteiger partial charge in [0.1, 0.15) is 0 Å². The second-order valence-corrected chi connectivity index (χ2v) is 5.83. The van der Waals surface area contributed by atoms with Crippen LogP contribution in [-0.4, -0.2) is 28.8 Å². The van der Waals surface area contributed by atoms with Crippen LogP contribution in [0.1, 0.15) is 37.1 Å². The van der Waals surface area contributed by atoms with Gasteiger partial charge in [-0.2, -0.15) is 5.10 Å². The first-order valence-electron chi connectivity index (χ1n) is 7.60. The molecule has 0 aliphatic heterocycles. The molecular formula is C15H26N4O. The first kappa shape index (κ1) is 15.0. The normalized spacial score (nSPS) is 22.1. The number of nitrogens with zero attached hydrogens (tertiary/aromatic N) is 2. The van der Waals surface area contributed by atoms with Gasteiger partial charge in [-0.1, -0.05) is 6.42 Å². The summed E-state index contributed by atoms with van der Waals surface area (Å²) in [6.07, 6.45) is 4.13. The van der Waals surface area contributed by atoms with Crippen molar-refractivity contribution in [1.82, 2.24) is 15.1 Å². The summed E-state index contributed by atoms with van der Waals surface area (Å²) in [5, 5.41) is 7.47. The van der Waals surface area contributed by atoms with E-state index in [4.69, 9.17) is 5.73 Å². The molecule has 0 saturated heterocycles. The molecule has 5 heteroatoms. The van der Waals surface area contributed by atoms with Crippen LogP contribution in [0.15, 0.2) is 6.07 Å². The van der Waals surface area contributed by atoms with Crippen molar-refractivity contribution < 1.29 is 4.79 Å². The number of hydrogen-bond donors (Lipinski definition) is 2. The number of nitrogens with two attached hydrogens (primary N) is 1. The summed E-state index contributed by atoms with van der Waals surface area (Å²) in [5.74, 6) is 0.700. The molecule has 0 aromatic carbocycles. The summed E-state index contributed by atoms with van der Waals surface area (Å²) >= 11 is 0. The van der Waals surface area contributed by atoms with Crippen LogP contribution in [0.4, 0.5) is 0 Å². The number of hydrogen-bond acceptors (Lipinski definition) is 3. The van der Waals surface area contributed by atoms with Crippen molar-refractivity contribution in [3.05, 3.63) is 17.5 Å². The van der Waals surface area contributed by atoms with E-state index in [-0.39, 0.29) is 11.8 Å². The van der Waals surface area contributed by atoms with Gasteiger partial charge in [-0.25, -0.2) is 0 Å². The van der Waals surface area contributed by atoms with E-state index >= 15 is 0 Å². The second kappa shape index (κ2) is 6.88. The Morgan fingerprint density at radius 1 is 1.50 bits per heavy atom. The van der Waals surface area contributed by atoms with Gasteiger partial charge in [0.05, 0.1) is 5.69 Å². The number of rotatable bonds is 6. The number of aromatic nitrogens is 2. The summed E-state index contributed by atoms with van der Waals surface area (Å²) in [4.78, 5) is 12.1. The maximum Gasteiger partial charge on any atom is 0.223 e. The molecule has 0 radical (unpaired) electrons. The quantitative estimate of drug-likeness (QED) is 0.772. The van der Waals surface area contributed by atoms with Crippen LogP contribution in [0.5, 0.6) is 0 Å². The third kappa shape index (κ3) is 3.60. The zero-order chi connectivity index (χ0) is 14.5. The summed E-state index contributed by atoms with van der Waals surface area (Å²) < 4.78 is 2.00. The van der Waals surface area contributed by atoms with Gasteiger partial charge in [0.15, 0.2) is 0 Å². The molecule has 3 N–H and O–H groups in total. The van der Waals surface area contributed by atoms with E-state index in [2.05, 4.69) is 23.4 Å². The molecule has 0 spiro atoms. The molecule has 5 nitrogen and oxygen atoms in total. The standard InChI is InChI=1S/C15H26N4O/c1-11-9-12(2)19(18-11)8-4-7-17-15(20)14-6-3-5-13(14)10-16/h9,13-14H,3-8,10,16H2,1-2H3,(H,17,20). The van der Waals surface area contributed by atoms with E-state index < -0.39 is 0 Å². The molecular weight excluding hydrogens is 252 g/mol. The van der Waals surface area contributed by atoms with Crippen molar-refractivity contribution in [2.75, 3.05) is 13.1 Å². The lowest BCUT2D eigenvalue weighted by Crippen LogP contribution is -2.35. The predicted molar refractivity (Wildman–Crippen MR) is 79.2 cm³/mol. The summed E-state index contributed by atoms with van der Waals surface area (Å²) in [5.41, 5.74) is 7.94. The minimum Gasteiger partial charge on any atom is -0.356 e. The highest BCUT2D eigenvalue weighted by molar-refractivity contribution is 5.79. The molecule has 1 aromatic rings. The lowest BCUT2D eigenvalue weighted by Gasteiger charge is -2.17. The van der Waals surface area contributed by atoms with Gasteiger partial charge in [0.2, 0.25) is 5.91 Å². The van der Waals surface area contributed by atoms with Crippen molar-refractivity contribution in [3.8, 4) is 0 Å². The SMILES string of the molecule is Cc1cc(C)n(CCCNC(=O)C2CCCC2CN)n1. The van der Waals surface area contributed by atoms with Gasteiger partial charge in [0, 0.05) is 24.7 Å². The minimum absolute atomic E-state index is 0.133. The van der Waals surface area contributed by atoms with Crippen molar-refractivity contribution in [3.63, 3.8) is 0 Å². The van der Waals surface area contributed by atoms with Crippen LogP contribution in [0.2, 0.25) is 0 Å². The summed E-state index contributed by atoms with van der Waals surface area (Å²) in [6, 6.07) is 2.07. The van der Waals surface area contributed by atoms with Gasteiger partial charge in [-0.3, -0.25) is 9.48 Å². The van der Waals surface area contributed by atoms with E-state index in [1.54, 1.807) is 0 Å². The maximum atomic E-state index is 12.1. The van der Waals surface area contributed by atoms with Gasteiger partial charge in [0.25, 0.3) is 0 Å². The number of aryl methyl sites for hydroxylation is 3. The van der Waals surface area contributed by atoms with Crippen LogP contribution >= 0.6 is 0 Å². The number of nitrogens with one attached hydrogen (secondary N) is 1. The van der Waals surface area contributed by atoms with E-state index in [1.807, 2.05) is 11.6 Å². The van der Waals surface area contributed by atoms with Crippen LogP contribution in [0, 0.1) is 25.7 Å². The first-order chi connectivity index (χ1) is 9.61. The van der Waals surface area contributed by atoms with Crippen LogP contribution < -0.4 is 11.1 Å². The number of carbonyl (C=O) groups is 1. The van der Waals surface area contributed by atoms with Crippen molar-refractivity contribution in [1.29, 1.82) is 0 Å². The molecule has 1 saturated carbocycles. The Morgan fingerprint density at radius 3 is 2.95 bits per heavy atom. The highest BCUT2D eigenvalue weighted by atomic mass is 16.1. The molecule has 2 rings (SSSR count). The highest BCUT2D eigenvalue weighted by Gasteiger charge is 2.31. The average Bonchev–Trinajstić information content (AvgIpc) is 3.01. The first-order valence-corrected chi connectivity index (χ1v) is 7.60. The zero-order valence-electron chi connectivity index (χ0n) is 12.6. The molecule has 112 valence electrons. The fourth-order valence-electron chi connectivity index (χ4n) is 3.14. The minimum atomic E-state index is 0.133. The van der Waals surface area contributed by atoms with E-state index in [1.165, 1.54) is 5.69 Å². The average molecular weight is 278 g/mol. The maximum absolute atomic E-state index is 12.1. The second-order valence-electron chi connectivity index (χ2n) is 5.83. The summed E-state index contributed by atoms with van der Waals surface area (Å²) in [7, 11) is 0. The number of carbonyl (C=O) groups excluding carboxylic acids is 1. The fraction of sp³-hybridized carbons (Fsp3) is 0.733. The molecule has 0 bridgehead atoms. The third-order valence-electron chi connectivity index (χ3n) is 4.25. The Bertz CT molecular complexity index is 455. The van der Waals surface area contributed by atoms with Crippen molar-refractivity contribution in [2.24, 2.45) is 17.6 Å². The molecule has 20 heavy (non-hydrogen) atoms. The Hall–Kier alpha value is -1.36. The van der Waals surface area contributed by atoms with Crippen LogP contribution in [0.25, 0.3) is 0 Å². The monoisotopic (exact) mass is 278 g/mol. The van der Waals surface area contributed by atoms with Crippen molar-refractivity contribution in [2.45, 2.75) is 46.1 Å². The lowest BCUT2D eigenvalue weighted by atomic mass is 9.95. The Balaban J connectivity index is 1.70. The molecule has 2 atom stereocenters. The van der Waals surface area contributed by atoms with Crippen LogP contribution in [0.3, 0.4) is 0 Å². The third-order valence-corrected chi connectivity index (χ3v) is 4.25.